The number of aromatic nitrogens is 2. The third-order valence-corrected chi connectivity index (χ3v) is 4.77. The van der Waals surface area contributed by atoms with Crippen molar-refractivity contribution < 1.29 is 4.79 Å². The predicted molar refractivity (Wildman–Crippen MR) is 97.5 cm³/mol. The molecule has 0 spiro atoms. The smallest absolute Gasteiger partial charge is 0.220 e. The highest BCUT2D eigenvalue weighted by Crippen LogP contribution is 2.30. The fourth-order valence-corrected chi connectivity index (χ4v) is 3.44. The number of nitrogens with zero attached hydrogens (tertiary/aromatic N) is 2. The Kier molecular flexibility index (Phi) is 4.34. The molecule has 1 atom stereocenters. The fourth-order valence-electron chi connectivity index (χ4n) is 3.44. The number of hydrogen-bond acceptors (Lipinski definition) is 2. The van der Waals surface area contributed by atoms with Crippen molar-refractivity contribution in [1.82, 2.24) is 15.1 Å². The van der Waals surface area contributed by atoms with Gasteiger partial charge in [0.05, 0.1) is 17.9 Å². The van der Waals surface area contributed by atoms with Crippen LogP contribution in [0.3, 0.4) is 0 Å². The van der Waals surface area contributed by atoms with Crippen LogP contribution in [0.15, 0.2) is 67.0 Å². The lowest BCUT2D eigenvalue weighted by Gasteiger charge is -2.13. The third-order valence-electron chi connectivity index (χ3n) is 4.77. The standard InChI is InChI=1S/C21H21N3O/c25-21(23-20-12-11-17-6-4-5-9-19(17)20)13-10-16-14-22-24(15-16)18-7-2-1-3-8-18/h1-9,14-15,20H,10-13H2,(H,23,25). The van der Waals surface area contributed by atoms with Gasteiger partial charge in [0.1, 0.15) is 0 Å². The number of hydrogen-bond donors (Lipinski definition) is 1. The molecule has 4 heteroatoms. The highest BCUT2D eigenvalue weighted by Gasteiger charge is 2.23. The molecule has 0 saturated heterocycles. The number of fused-ring (bicyclic) bond motifs is 1. The van der Waals surface area contributed by atoms with Crippen LogP contribution in [0.4, 0.5) is 0 Å². The van der Waals surface area contributed by atoms with E-state index >= 15 is 0 Å². The van der Waals surface area contributed by atoms with Gasteiger partial charge in [-0.2, -0.15) is 5.10 Å². The lowest BCUT2D eigenvalue weighted by molar-refractivity contribution is -0.121. The normalized spacial score (nSPS) is 15.8. The van der Waals surface area contributed by atoms with Crippen molar-refractivity contribution >= 4 is 5.91 Å². The van der Waals surface area contributed by atoms with Crippen LogP contribution in [0.5, 0.6) is 0 Å². The van der Waals surface area contributed by atoms with Crippen LogP contribution >= 0.6 is 0 Å². The first-order chi connectivity index (χ1) is 12.3. The van der Waals surface area contributed by atoms with Gasteiger partial charge in [0.25, 0.3) is 0 Å². The molecule has 4 nitrogen and oxygen atoms in total. The number of carbonyl (C=O) groups is 1. The second-order valence-corrected chi connectivity index (χ2v) is 6.49. The molecule has 0 fully saturated rings. The first-order valence-electron chi connectivity index (χ1n) is 8.76. The van der Waals surface area contributed by atoms with E-state index in [1.54, 1.807) is 0 Å². The summed E-state index contributed by atoms with van der Waals surface area (Å²) in [6, 6.07) is 18.5. The van der Waals surface area contributed by atoms with E-state index in [2.05, 4.69) is 28.6 Å². The Morgan fingerprint density at radius 3 is 2.80 bits per heavy atom. The van der Waals surface area contributed by atoms with Crippen LogP contribution in [0.2, 0.25) is 0 Å². The lowest BCUT2D eigenvalue weighted by atomic mass is 10.1. The molecule has 2 aromatic carbocycles. The van der Waals surface area contributed by atoms with Gasteiger partial charge in [0, 0.05) is 12.6 Å². The molecule has 4 rings (SSSR count). The van der Waals surface area contributed by atoms with E-state index in [1.807, 2.05) is 53.5 Å². The minimum atomic E-state index is 0.106. The molecule has 1 aliphatic carbocycles. The van der Waals surface area contributed by atoms with E-state index in [-0.39, 0.29) is 11.9 Å². The number of para-hydroxylation sites is 1. The van der Waals surface area contributed by atoms with Crippen LogP contribution in [0, 0.1) is 0 Å². The highest BCUT2D eigenvalue weighted by atomic mass is 16.1. The van der Waals surface area contributed by atoms with Crippen LogP contribution in [-0.2, 0) is 17.6 Å². The quantitative estimate of drug-likeness (QED) is 0.776. The molecule has 3 aromatic rings. The topological polar surface area (TPSA) is 46.9 Å². The largest absolute Gasteiger partial charge is 0.349 e. The molecule has 0 aliphatic heterocycles. The number of carbonyl (C=O) groups excluding carboxylic acids is 1. The van der Waals surface area contributed by atoms with Crippen LogP contribution < -0.4 is 5.32 Å². The van der Waals surface area contributed by atoms with Gasteiger partial charge in [-0.05, 0) is 48.1 Å². The van der Waals surface area contributed by atoms with E-state index in [4.69, 9.17) is 0 Å². The first-order valence-corrected chi connectivity index (χ1v) is 8.76. The number of benzene rings is 2. The maximum absolute atomic E-state index is 12.3. The Balaban J connectivity index is 1.33. The molecule has 0 bridgehead atoms. The van der Waals surface area contributed by atoms with Crippen molar-refractivity contribution in [2.24, 2.45) is 0 Å². The van der Waals surface area contributed by atoms with Gasteiger partial charge < -0.3 is 5.32 Å². The second kappa shape index (κ2) is 6.93. The summed E-state index contributed by atoms with van der Waals surface area (Å²) in [5.41, 5.74) is 4.73. The minimum Gasteiger partial charge on any atom is -0.349 e. The van der Waals surface area contributed by atoms with Gasteiger partial charge in [-0.25, -0.2) is 4.68 Å². The zero-order valence-electron chi connectivity index (χ0n) is 14.1. The number of amides is 1. The zero-order chi connectivity index (χ0) is 17.1. The van der Waals surface area contributed by atoms with Crippen molar-refractivity contribution in [3.63, 3.8) is 0 Å². The van der Waals surface area contributed by atoms with Crippen LogP contribution in [0.25, 0.3) is 5.69 Å². The molecular weight excluding hydrogens is 310 g/mol. The van der Waals surface area contributed by atoms with E-state index in [1.165, 1.54) is 11.1 Å². The highest BCUT2D eigenvalue weighted by molar-refractivity contribution is 5.77. The molecule has 1 N–H and O–H groups in total. The van der Waals surface area contributed by atoms with E-state index < -0.39 is 0 Å². The van der Waals surface area contributed by atoms with Crippen molar-refractivity contribution in [1.29, 1.82) is 0 Å². The summed E-state index contributed by atoms with van der Waals surface area (Å²) in [5, 5.41) is 7.56. The minimum absolute atomic E-state index is 0.106. The molecule has 0 radical (unpaired) electrons. The Hall–Kier alpha value is -2.88. The molecule has 1 unspecified atom stereocenters. The number of aryl methyl sites for hydroxylation is 2. The predicted octanol–water partition coefficient (Wildman–Crippen LogP) is 3.61. The van der Waals surface area contributed by atoms with E-state index in [9.17, 15) is 4.79 Å². The summed E-state index contributed by atoms with van der Waals surface area (Å²) in [6.45, 7) is 0. The summed E-state index contributed by atoms with van der Waals surface area (Å²) in [6.07, 6.45) is 7.06. The lowest BCUT2D eigenvalue weighted by Crippen LogP contribution is -2.27. The summed E-state index contributed by atoms with van der Waals surface area (Å²) in [5.74, 6) is 0.106. The van der Waals surface area contributed by atoms with Crippen LogP contribution in [0.1, 0.15) is 35.6 Å². The molecule has 25 heavy (non-hydrogen) atoms. The molecule has 1 aromatic heterocycles. The van der Waals surface area contributed by atoms with E-state index in [0.29, 0.717) is 12.8 Å². The average Bonchev–Trinajstić information content (AvgIpc) is 3.28. The Morgan fingerprint density at radius 1 is 1.12 bits per heavy atom. The summed E-state index contributed by atoms with van der Waals surface area (Å²) in [7, 11) is 0. The summed E-state index contributed by atoms with van der Waals surface area (Å²) in [4.78, 5) is 12.3. The van der Waals surface area contributed by atoms with Gasteiger partial charge in [0.15, 0.2) is 0 Å². The van der Waals surface area contributed by atoms with Gasteiger partial charge in [-0.1, -0.05) is 42.5 Å². The maximum Gasteiger partial charge on any atom is 0.220 e. The van der Waals surface area contributed by atoms with Gasteiger partial charge in [-0.15, -0.1) is 0 Å². The van der Waals surface area contributed by atoms with Gasteiger partial charge in [-0.3, -0.25) is 4.79 Å². The molecule has 1 amide bonds. The van der Waals surface area contributed by atoms with Gasteiger partial charge in [0.2, 0.25) is 5.91 Å². The van der Waals surface area contributed by atoms with Crippen molar-refractivity contribution in [2.75, 3.05) is 0 Å². The Morgan fingerprint density at radius 2 is 1.92 bits per heavy atom. The molecular formula is C21H21N3O. The Bertz CT molecular complexity index is 870. The van der Waals surface area contributed by atoms with Gasteiger partial charge >= 0.3 is 0 Å². The first kappa shape index (κ1) is 15.6. The molecule has 1 aliphatic rings. The van der Waals surface area contributed by atoms with E-state index in [0.717, 1.165) is 24.1 Å². The van der Waals surface area contributed by atoms with Crippen LogP contribution in [-0.4, -0.2) is 15.7 Å². The number of nitrogens with one attached hydrogen (secondary N) is 1. The summed E-state index contributed by atoms with van der Waals surface area (Å²) < 4.78 is 1.85. The van der Waals surface area contributed by atoms with Crippen molar-refractivity contribution in [3.8, 4) is 5.69 Å². The fraction of sp³-hybridized carbons (Fsp3) is 0.238. The monoisotopic (exact) mass is 331 g/mol. The second-order valence-electron chi connectivity index (χ2n) is 6.49. The third kappa shape index (κ3) is 3.48. The SMILES string of the molecule is O=C(CCc1cnn(-c2ccccc2)c1)NC1CCc2ccccc21. The molecule has 126 valence electrons. The average molecular weight is 331 g/mol. The summed E-state index contributed by atoms with van der Waals surface area (Å²) >= 11 is 0. The molecule has 1 heterocycles. The van der Waals surface area contributed by atoms with Crippen molar-refractivity contribution in [2.45, 2.75) is 31.7 Å². The molecule has 0 saturated carbocycles. The van der Waals surface area contributed by atoms with Crippen molar-refractivity contribution in [3.05, 3.63) is 83.7 Å². The maximum atomic E-state index is 12.3. The number of rotatable bonds is 5. The Labute approximate surface area is 147 Å². The zero-order valence-corrected chi connectivity index (χ0v) is 14.1.